The van der Waals surface area contributed by atoms with E-state index in [1.54, 1.807) is 11.3 Å². The van der Waals surface area contributed by atoms with Crippen LogP contribution in [-0.2, 0) is 4.74 Å². The average molecular weight is 294 g/mol. The average Bonchev–Trinajstić information content (AvgIpc) is 2.96. The monoisotopic (exact) mass is 294 g/mol. The summed E-state index contributed by atoms with van der Waals surface area (Å²) in [4.78, 5) is 16.8. The summed E-state index contributed by atoms with van der Waals surface area (Å²) in [7, 11) is 0. The molecule has 0 saturated carbocycles. The number of carbonyl (C=O) groups is 1. The van der Waals surface area contributed by atoms with Crippen LogP contribution in [0.15, 0.2) is 16.8 Å². The van der Waals surface area contributed by atoms with Crippen LogP contribution in [0.4, 0.5) is 0 Å². The Morgan fingerprint density at radius 2 is 2.15 bits per heavy atom. The molecule has 2 aliphatic rings. The highest BCUT2D eigenvalue weighted by Crippen LogP contribution is 2.24. The number of likely N-dealkylation sites (tertiary alicyclic amines) is 1. The summed E-state index contributed by atoms with van der Waals surface area (Å²) in [6.45, 7) is 6.80. The van der Waals surface area contributed by atoms with Gasteiger partial charge in [-0.25, -0.2) is 0 Å². The van der Waals surface area contributed by atoms with E-state index in [9.17, 15) is 4.79 Å². The third kappa shape index (κ3) is 2.75. The van der Waals surface area contributed by atoms with Crippen LogP contribution in [0.3, 0.4) is 0 Å². The standard InChI is InChI=1S/C15H22N2O2S/c1-2-17(13-3-6-19-7-4-13)14-9-16(10-14)15(18)12-5-8-20-11-12/h5,8,11,13-14H,2-4,6-7,9-10H2,1H3. The first kappa shape index (κ1) is 14.0. The fraction of sp³-hybridized carbons (Fsp3) is 0.667. The van der Waals surface area contributed by atoms with Crippen LogP contribution in [0.25, 0.3) is 0 Å². The summed E-state index contributed by atoms with van der Waals surface area (Å²) in [6, 6.07) is 3.08. The number of hydrogen-bond acceptors (Lipinski definition) is 4. The molecule has 0 aromatic carbocycles. The molecular weight excluding hydrogens is 272 g/mol. The molecule has 4 nitrogen and oxygen atoms in total. The maximum atomic E-state index is 12.2. The Morgan fingerprint density at radius 1 is 1.40 bits per heavy atom. The lowest BCUT2D eigenvalue weighted by atomic mass is 9.99. The first-order valence-corrected chi connectivity index (χ1v) is 8.39. The quantitative estimate of drug-likeness (QED) is 0.852. The molecular formula is C15H22N2O2S. The van der Waals surface area contributed by atoms with E-state index in [1.165, 1.54) is 0 Å². The molecule has 2 saturated heterocycles. The summed E-state index contributed by atoms with van der Waals surface area (Å²) < 4.78 is 5.44. The van der Waals surface area contributed by atoms with Gasteiger partial charge >= 0.3 is 0 Å². The predicted molar refractivity (Wildman–Crippen MR) is 80.2 cm³/mol. The van der Waals surface area contributed by atoms with E-state index in [2.05, 4.69) is 11.8 Å². The molecule has 3 heterocycles. The second-order valence-corrected chi connectivity index (χ2v) is 6.33. The number of thiophene rings is 1. The Bertz CT molecular complexity index is 437. The van der Waals surface area contributed by atoms with Crippen molar-refractivity contribution in [1.82, 2.24) is 9.80 Å². The zero-order valence-corrected chi connectivity index (χ0v) is 12.8. The van der Waals surface area contributed by atoms with E-state index < -0.39 is 0 Å². The summed E-state index contributed by atoms with van der Waals surface area (Å²) >= 11 is 1.58. The van der Waals surface area contributed by atoms with Crippen LogP contribution in [0.1, 0.15) is 30.1 Å². The molecule has 0 radical (unpaired) electrons. The Morgan fingerprint density at radius 3 is 2.75 bits per heavy atom. The molecule has 1 aromatic heterocycles. The molecule has 110 valence electrons. The van der Waals surface area contributed by atoms with Crippen LogP contribution in [0.5, 0.6) is 0 Å². The fourth-order valence-electron chi connectivity index (χ4n) is 3.23. The van der Waals surface area contributed by atoms with Gasteiger partial charge in [0.25, 0.3) is 5.91 Å². The van der Waals surface area contributed by atoms with Crippen LogP contribution in [-0.4, -0.2) is 60.6 Å². The zero-order chi connectivity index (χ0) is 13.9. The van der Waals surface area contributed by atoms with E-state index in [4.69, 9.17) is 4.74 Å². The minimum Gasteiger partial charge on any atom is -0.381 e. The van der Waals surface area contributed by atoms with E-state index >= 15 is 0 Å². The number of ether oxygens (including phenoxy) is 1. The lowest BCUT2D eigenvalue weighted by Gasteiger charge is -2.48. The number of nitrogens with zero attached hydrogens (tertiary/aromatic N) is 2. The van der Waals surface area contributed by atoms with Gasteiger partial charge in [-0.3, -0.25) is 9.69 Å². The normalized spacial score (nSPS) is 21.2. The van der Waals surface area contributed by atoms with Gasteiger partial charge in [-0.1, -0.05) is 6.92 Å². The molecule has 3 rings (SSSR count). The van der Waals surface area contributed by atoms with Crippen LogP contribution >= 0.6 is 11.3 Å². The molecule has 0 aliphatic carbocycles. The van der Waals surface area contributed by atoms with Gasteiger partial charge in [0.1, 0.15) is 0 Å². The van der Waals surface area contributed by atoms with Gasteiger partial charge in [0.05, 0.1) is 5.56 Å². The minimum absolute atomic E-state index is 0.186. The molecule has 1 amide bonds. The van der Waals surface area contributed by atoms with Crippen molar-refractivity contribution in [3.8, 4) is 0 Å². The summed E-state index contributed by atoms with van der Waals surface area (Å²) in [5.41, 5.74) is 0.836. The SMILES string of the molecule is CCN(C1CCOCC1)C1CN(C(=O)c2ccsc2)C1. The molecule has 1 aromatic rings. The van der Waals surface area contributed by atoms with Crippen molar-refractivity contribution in [3.05, 3.63) is 22.4 Å². The van der Waals surface area contributed by atoms with Crippen molar-refractivity contribution in [3.63, 3.8) is 0 Å². The molecule has 2 fully saturated rings. The molecule has 0 bridgehead atoms. The van der Waals surface area contributed by atoms with Crippen LogP contribution in [0.2, 0.25) is 0 Å². The van der Waals surface area contributed by atoms with Crippen molar-refractivity contribution < 1.29 is 9.53 Å². The molecule has 20 heavy (non-hydrogen) atoms. The van der Waals surface area contributed by atoms with Gasteiger partial charge in [-0.15, -0.1) is 0 Å². The maximum Gasteiger partial charge on any atom is 0.254 e. The smallest absolute Gasteiger partial charge is 0.254 e. The predicted octanol–water partition coefficient (Wildman–Crippen LogP) is 2.07. The van der Waals surface area contributed by atoms with Gasteiger partial charge in [-0.2, -0.15) is 11.3 Å². The topological polar surface area (TPSA) is 32.8 Å². The zero-order valence-electron chi connectivity index (χ0n) is 12.0. The molecule has 0 N–H and O–H groups in total. The van der Waals surface area contributed by atoms with Gasteiger partial charge < -0.3 is 9.64 Å². The molecule has 0 unspecified atom stereocenters. The number of rotatable bonds is 4. The Hall–Kier alpha value is -0.910. The molecule has 5 heteroatoms. The fourth-order valence-corrected chi connectivity index (χ4v) is 3.86. The largest absolute Gasteiger partial charge is 0.381 e. The second kappa shape index (κ2) is 6.24. The summed E-state index contributed by atoms with van der Waals surface area (Å²) in [5.74, 6) is 0.186. The van der Waals surface area contributed by atoms with Gasteiger partial charge in [0, 0.05) is 43.8 Å². The van der Waals surface area contributed by atoms with Gasteiger partial charge in [0.15, 0.2) is 0 Å². The summed E-state index contributed by atoms with van der Waals surface area (Å²) in [6.07, 6.45) is 2.26. The number of carbonyl (C=O) groups excluding carboxylic acids is 1. The third-order valence-corrected chi connectivity index (χ3v) is 5.09. The molecule has 2 aliphatic heterocycles. The van der Waals surface area contributed by atoms with E-state index in [1.807, 2.05) is 21.7 Å². The summed E-state index contributed by atoms with van der Waals surface area (Å²) in [5, 5.41) is 3.90. The third-order valence-electron chi connectivity index (χ3n) is 4.41. The van der Waals surface area contributed by atoms with E-state index in [-0.39, 0.29) is 5.91 Å². The number of amides is 1. The lowest BCUT2D eigenvalue weighted by molar-refractivity contribution is -0.0221. The highest BCUT2D eigenvalue weighted by Gasteiger charge is 2.37. The van der Waals surface area contributed by atoms with Crippen molar-refractivity contribution >= 4 is 17.2 Å². The van der Waals surface area contributed by atoms with E-state index in [0.29, 0.717) is 12.1 Å². The van der Waals surface area contributed by atoms with Crippen molar-refractivity contribution in [2.75, 3.05) is 32.8 Å². The second-order valence-electron chi connectivity index (χ2n) is 5.55. The van der Waals surface area contributed by atoms with Crippen LogP contribution in [0, 0.1) is 0 Å². The Labute approximate surface area is 124 Å². The van der Waals surface area contributed by atoms with Crippen molar-refractivity contribution in [2.24, 2.45) is 0 Å². The molecule has 0 atom stereocenters. The first-order chi connectivity index (χ1) is 9.79. The minimum atomic E-state index is 0.186. The van der Waals surface area contributed by atoms with Crippen LogP contribution < -0.4 is 0 Å². The van der Waals surface area contributed by atoms with Gasteiger partial charge in [-0.05, 0) is 30.8 Å². The van der Waals surface area contributed by atoms with Crippen molar-refractivity contribution in [2.45, 2.75) is 31.8 Å². The Kier molecular flexibility index (Phi) is 4.38. The molecule has 0 spiro atoms. The Balaban J connectivity index is 1.54. The van der Waals surface area contributed by atoms with Crippen molar-refractivity contribution in [1.29, 1.82) is 0 Å². The first-order valence-electron chi connectivity index (χ1n) is 7.44. The number of hydrogen-bond donors (Lipinski definition) is 0. The van der Waals surface area contributed by atoms with E-state index in [0.717, 1.165) is 51.3 Å². The van der Waals surface area contributed by atoms with Gasteiger partial charge in [0.2, 0.25) is 0 Å². The highest BCUT2D eigenvalue weighted by molar-refractivity contribution is 7.08. The maximum absolute atomic E-state index is 12.2. The highest BCUT2D eigenvalue weighted by atomic mass is 32.1. The lowest BCUT2D eigenvalue weighted by Crippen LogP contribution is -2.63. The number of likely N-dealkylation sites (N-methyl/N-ethyl adjacent to an activating group) is 1.